The second kappa shape index (κ2) is 18.4. The summed E-state index contributed by atoms with van der Waals surface area (Å²) in [7, 11) is 4.12. The van der Waals surface area contributed by atoms with Gasteiger partial charge < -0.3 is 4.90 Å². The Morgan fingerprint density at radius 3 is 2.21 bits per heavy atom. The van der Waals surface area contributed by atoms with Gasteiger partial charge in [0.25, 0.3) is 0 Å². The molecule has 0 fully saturated rings. The number of hydrogen-bond acceptors (Lipinski definition) is 5. The Kier molecular flexibility index (Phi) is 25.1. The SMILES string of the molecule is CCN=C=NCCCN(C)C.Cl.NN. The number of rotatable bonds is 5. The molecular formula is C8H22ClN5. The molecule has 0 saturated heterocycles. The Balaban J connectivity index is -0.000000376. The van der Waals surface area contributed by atoms with Crippen LogP contribution in [0.3, 0.4) is 0 Å². The maximum Gasteiger partial charge on any atom is 0.0892 e. The van der Waals surface area contributed by atoms with Gasteiger partial charge >= 0.3 is 0 Å². The largest absolute Gasteiger partial charge is 0.309 e. The van der Waals surface area contributed by atoms with E-state index in [1.54, 1.807) is 0 Å². The lowest BCUT2D eigenvalue weighted by atomic mass is 10.4. The molecule has 0 rings (SSSR count). The zero-order valence-corrected chi connectivity index (χ0v) is 10.0. The Labute approximate surface area is 92.7 Å². The van der Waals surface area contributed by atoms with E-state index >= 15 is 0 Å². The highest BCUT2D eigenvalue weighted by Gasteiger charge is 1.86. The van der Waals surface area contributed by atoms with Crippen LogP contribution in [0.15, 0.2) is 9.98 Å². The third-order valence-electron chi connectivity index (χ3n) is 1.17. The van der Waals surface area contributed by atoms with Crippen LogP contribution in [0.1, 0.15) is 13.3 Å². The van der Waals surface area contributed by atoms with Gasteiger partial charge in [0.15, 0.2) is 0 Å². The highest BCUT2D eigenvalue weighted by atomic mass is 35.5. The van der Waals surface area contributed by atoms with Gasteiger partial charge in [-0.05, 0) is 34.0 Å². The second-order valence-corrected chi connectivity index (χ2v) is 2.61. The van der Waals surface area contributed by atoms with E-state index in [-0.39, 0.29) is 12.4 Å². The minimum atomic E-state index is 0. The number of nitrogens with two attached hydrogens (primary N) is 2. The Morgan fingerprint density at radius 1 is 1.21 bits per heavy atom. The van der Waals surface area contributed by atoms with Crippen LogP contribution in [-0.4, -0.2) is 44.6 Å². The van der Waals surface area contributed by atoms with E-state index in [1.807, 2.05) is 6.92 Å². The maximum absolute atomic E-state index is 4.00. The smallest absolute Gasteiger partial charge is 0.0892 e. The molecule has 86 valence electrons. The van der Waals surface area contributed by atoms with E-state index < -0.39 is 0 Å². The van der Waals surface area contributed by atoms with Gasteiger partial charge in [0.05, 0.1) is 12.6 Å². The third-order valence-corrected chi connectivity index (χ3v) is 1.17. The van der Waals surface area contributed by atoms with Crippen molar-refractivity contribution in [3.8, 4) is 0 Å². The van der Waals surface area contributed by atoms with E-state index in [2.05, 4.69) is 46.7 Å². The van der Waals surface area contributed by atoms with Crippen molar-refractivity contribution in [2.75, 3.05) is 33.7 Å². The predicted molar refractivity (Wildman–Crippen MR) is 64.1 cm³/mol. The molecule has 5 nitrogen and oxygen atoms in total. The fraction of sp³-hybridized carbons (Fsp3) is 0.875. The molecular weight excluding hydrogens is 202 g/mol. The van der Waals surface area contributed by atoms with Crippen LogP contribution in [0.5, 0.6) is 0 Å². The van der Waals surface area contributed by atoms with Crippen LogP contribution in [0.25, 0.3) is 0 Å². The van der Waals surface area contributed by atoms with Crippen LogP contribution >= 0.6 is 12.4 Å². The average molecular weight is 224 g/mol. The lowest BCUT2D eigenvalue weighted by Gasteiger charge is -2.05. The van der Waals surface area contributed by atoms with E-state index in [9.17, 15) is 0 Å². The summed E-state index contributed by atoms with van der Waals surface area (Å²) in [5, 5.41) is 0. The number of nitrogens with zero attached hydrogens (tertiary/aromatic N) is 3. The zero-order valence-electron chi connectivity index (χ0n) is 9.23. The molecule has 0 radical (unpaired) electrons. The molecule has 4 N–H and O–H groups in total. The topological polar surface area (TPSA) is 80.0 Å². The number of hydrogen-bond donors (Lipinski definition) is 2. The quantitative estimate of drug-likeness (QED) is 0.306. The summed E-state index contributed by atoms with van der Waals surface area (Å²) in [6.45, 7) is 4.67. The zero-order chi connectivity index (χ0) is 10.5. The van der Waals surface area contributed by atoms with Crippen molar-refractivity contribution < 1.29 is 0 Å². The molecule has 0 aromatic rings. The van der Waals surface area contributed by atoms with Crippen LogP contribution < -0.4 is 11.7 Å². The third kappa shape index (κ3) is 22.6. The number of halogens is 1. The average Bonchev–Trinajstić information content (AvgIpc) is 2.14. The van der Waals surface area contributed by atoms with Gasteiger partial charge in [-0.15, -0.1) is 12.4 Å². The fourth-order valence-electron chi connectivity index (χ4n) is 0.637. The first-order valence-electron chi connectivity index (χ1n) is 4.33. The van der Waals surface area contributed by atoms with Gasteiger partial charge in [0.2, 0.25) is 0 Å². The van der Waals surface area contributed by atoms with Crippen molar-refractivity contribution in [3.63, 3.8) is 0 Å². The maximum atomic E-state index is 4.00. The van der Waals surface area contributed by atoms with Gasteiger partial charge in [-0.3, -0.25) is 11.7 Å². The predicted octanol–water partition coefficient (Wildman–Crippen LogP) is 0.373. The molecule has 0 spiro atoms. The Hall–Kier alpha value is -0.450. The molecule has 0 aliphatic heterocycles. The normalized spacial score (nSPS) is 7.86. The summed E-state index contributed by atoms with van der Waals surface area (Å²) >= 11 is 0. The van der Waals surface area contributed by atoms with Crippen molar-refractivity contribution in [2.24, 2.45) is 21.7 Å². The molecule has 0 saturated carbocycles. The second-order valence-electron chi connectivity index (χ2n) is 2.61. The Morgan fingerprint density at radius 2 is 1.79 bits per heavy atom. The minimum absolute atomic E-state index is 0. The van der Waals surface area contributed by atoms with Gasteiger partial charge in [0.1, 0.15) is 0 Å². The first kappa shape index (κ1) is 19.2. The lowest BCUT2D eigenvalue weighted by molar-refractivity contribution is 0.403. The van der Waals surface area contributed by atoms with Gasteiger partial charge in [0, 0.05) is 6.54 Å². The fourth-order valence-corrected chi connectivity index (χ4v) is 0.637. The lowest BCUT2D eigenvalue weighted by Crippen LogP contribution is -2.13. The monoisotopic (exact) mass is 223 g/mol. The summed E-state index contributed by atoms with van der Waals surface area (Å²) in [5.74, 6) is 8.00. The van der Waals surface area contributed by atoms with E-state index in [1.165, 1.54) is 0 Å². The summed E-state index contributed by atoms with van der Waals surface area (Å²) < 4.78 is 0. The standard InChI is InChI=1S/C8H17N3.ClH.H4N2/c1-4-9-8-10-6-5-7-11(2)3;;1-2/h4-7H2,1-3H3;1H;1-2H2. The first-order valence-corrected chi connectivity index (χ1v) is 4.33. The number of aliphatic imine (C=N–C) groups is 2. The van der Waals surface area contributed by atoms with E-state index in [4.69, 9.17) is 0 Å². The molecule has 0 aromatic heterocycles. The highest BCUT2D eigenvalue weighted by molar-refractivity contribution is 5.85. The summed E-state index contributed by atoms with van der Waals surface area (Å²) in [6.07, 6.45) is 1.08. The van der Waals surface area contributed by atoms with Crippen molar-refractivity contribution in [1.29, 1.82) is 0 Å². The van der Waals surface area contributed by atoms with E-state index in [0.717, 1.165) is 26.1 Å². The molecule has 0 aliphatic rings. The van der Waals surface area contributed by atoms with E-state index in [0.29, 0.717) is 0 Å². The molecule has 0 aromatic carbocycles. The molecule has 0 unspecified atom stereocenters. The summed E-state index contributed by atoms with van der Waals surface area (Å²) in [6, 6.07) is 2.64. The highest BCUT2D eigenvalue weighted by Crippen LogP contribution is 1.82. The van der Waals surface area contributed by atoms with Crippen LogP contribution in [-0.2, 0) is 0 Å². The number of hydrazine groups is 1. The van der Waals surface area contributed by atoms with Crippen molar-refractivity contribution in [2.45, 2.75) is 13.3 Å². The molecule has 0 heterocycles. The molecule has 0 bridgehead atoms. The Bertz CT molecular complexity index is 143. The first-order chi connectivity index (χ1) is 6.27. The molecule has 0 amide bonds. The van der Waals surface area contributed by atoms with Gasteiger partial charge in [-0.1, -0.05) is 0 Å². The molecule has 6 heteroatoms. The molecule has 0 aliphatic carbocycles. The molecule has 14 heavy (non-hydrogen) atoms. The molecule has 0 atom stereocenters. The van der Waals surface area contributed by atoms with Crippen LogP contribution in [0.4, 0.5) is 0 Å². The van der Waals surface area contributed by atoms with Crippen LogP contribution in [0, 0.1) is 0 Å². The van der Waals surface area contributed by atoms with Crippen molar-refractivity contribution in [3.05, 3.63) is 0 Å². The van der Waals surface area contributed by atoms with Crippen LogP contribution in [0.2, 0.25) is 0 Å². The summed E-state index contributed by atoms with van der Waals surface area (Å²) in [5.41, 5.74) is 0. The minimum Gasteiger partial charge on any atom is -0.309 e. The van der Waals surface area contributed by atoms with Crippen molar-refractivity contribution in [1.82, 2.24) is 4.90 Å². The van der Waals surface area contributed by atoms with Gasteiger partial charge in [-0.25, -0.2) is 9.98 Å². The summed E-state index contributed by atoms with van der Waals surface area (Å²) in [4.78, 5) is 9.99. The van der Waals surface area contributed by atoms with Gasteiger partial charge in [-0.2, -0.15) is 0 Å². The van der Waals surface area contributed by atoms with Crippen molar-refractivity contribution >= 4 is 18.4 Å².